The van der Waals surface area contributed by atoms with E-state index in [1.165, 1.54) is 63.8 Å². The van der Waals surface area contributed by atoms with E-state index < -0.39 is 4.92 Å². The van der Waals surface area contributed by atoms with Gasteiger partial charge in [0.05, 0.1) is 23.3 Å². The number of quaternary nitrogens is 1. The van der Waals surface area contributed by atoms with Crippen LogP contribution in [0.5, 0.6) is 5.75 Å². The van der Waals surface area contributed by atoms with Gasteiger partial charge in [0.25, 0.3) is 11.6 Å². The van der Waals surface area contributed by atoms with Gasteiger partial charge in [-0.15, -0.1) is 0 Å². The highest BCUT2D eigenvalue weighted by Crippen LogP contribution is 2.54. The number of nitrogens with two attached hydrogens (primary N) is 1. The SMILES string of the molecule is COc1ccc([N+](=O)[O-])cc1NC(=O)C[NH2+]C12CC3CC(CC(C3)C1)C2. The largest absolute Gasteiger partial charge is 0.495 e. The second-order valence-electron chi connectivity index (χ2n) is 8.38. The minimum atomic E-state index is -0.476. The zero-order valence-corrected chi connectivity index (χ0v) is 15.1. The normalized spacial score (nSPS) is 31.7. The quantitative estimate of drug-likeness (QED) is 0.599. The van der Waals surface area contributed by atoms with Gasteiger partial charge in [0, 0.05) is 31.4 Å². The molecule has 0 aliphatic heterocycles. The van der Waals surface area contributed by atoms with E-state index >= 15 is 0 Å². The number of rotatable bonds is 6. The van der Waals surface area contributed by atoms with E-state index in [4.69, 9.17) is 4.74 Å². The highest BCUT2D eigenvalue weighted by molar-refractivity contribution is 5.93. The van der Waals surface area contributed by atoms with E-state index in [0.717, 1.165) is 17.8 Å². The lowest BCUT2D eigenvalue weighted by molar-refractivity contribution is -0.729. The van der Waals surface area contributed by atoms with Crippen LogP contribution < -0.4 is 15.4 Å². The molecule has 5 rings (SSSR count). The number of carbonyl (C=O) groups excluding carboxylic acids is 1. The Kier molecular flexibility index (Phi) is 4.34. The van der Waals surface area contributed by atoms with Gasteiger partial charge in [-0.1, -0.05) is 0 Å². The number of nitro groups is 1. The molecular weight excluding hydrogens is 334 g/mol. The van der Waals surface area contributed by atoms with Gasteiger partial charge < -0.3 is 15.4 Å². The number of nitrogens with one attached hydrogen (secondary N) is 1. The molecule has 4 saturated carbocycles. The molecule has 1 aromatic rings. The molecular formula is C19H26N3O4+. The second kappa shape index (κ2) is 6.54. The number of hydrogen-bond acceptors (Lipinski definition) is 4. The van der Waals surface area contributed by atoms with Crippen LogP contribution in [0.1, 0.15) is 38.5 Å². The summed E-state index contributed by atoms with van der Waals surface area (Å²) in [6, 6.07) is 4.23. The van der Waals surface area contributed by atoms with Crippen LogP contribution in [-0.4, -0.2) is 30.0 Å². The number of nitrogens with zero attached hydrogens (tertiary/aromatic N) is 1. The number of nitro benzene ring substituents is 1. The van der Waals surface area contributed by atoms with Crippen molar-refractivity contribution in [3.05, 3.63) is 28.3 Å². The van der Waals surface area contributed by atoms with Crippen molar-refractivity contribution in [1.29, 1.82) is 0 Å². The molecule has 4 fully saturated rings. The Balaban J connectivity index is 1.40. The maximum absolute atomic E-state index is 12.5. The van der Waals surface area contributed by atoms with E-state index in [1.54, 1.807) is 0 Å². The summed E-state index contributed by atoms with van der Waals surface area (Å²) < 4.78 is 5.21. The number of amides is 1. The van der Waals surface area contributed by atoms with Gasteiger partial charge in [-0.3, -0.25) is 14.9 Å². The zero-order valence-electron chi connectivity index (χ0n) is 15.1. The molecule has 1 aromatic carbocycles. The minimum Gasteiger partial charge on any atom is -0.495 e. The second-order valence-corrected chi connectivity index (χ2v) is 8.38. The lowest BCUT2D eigenvalue weighted by atomic mass is 9.53. The molecule has 0 radical (unpaired) electrons. The Hall–Kier alpha value is -2.15. The first kappa shape index (κ1) is 17.3. The van der Waals surface area contributed by atoms with Gasteiger partial charge in [0.15, 0.2) is 6.54 Å². The van der Waals surface area contributed by atoms with Crippen molar-refractivity contribution >= 4 is 17.3 Å². The fraction of sp³-hybridized carbons (Fsp3) is 0.632. The summed E-state index contributed by atoms with van der Waals surface area (Å²) in [5, 5.41) is 16.0. The Morgan fingerprint density at radius 2 is 1.88 bits per heavy atom. The highest BCUT2D eigenvalue weighted by atomic mass is 16.6. The van der Waals surface area contributed by atoms with Gasteiger partial charge >= 0.3 is 0 Å². The van der Waals surface area contributed by atoms with E-state index in [2.05, 4.69) is 10.6 Å². The van der Waals surface area contributed by atoms with Crippen molar-refractivity contribution in [3.8, 4) is 5.75 Å². The number of carbonyl (C=O) groups is 1. The smallest absolute Gasteiger partial charge is 0.279 e. The minimum absolute atomic E-state index is 0.0637. The Morgan fingerprint density at radius 3 is 2.42 bits per heavy atom. The van der Waals surface area contributed by atoms with Crippen LogP contribution in [0.2, 0.25) is 0 Å². The van der Waals surface area contributed by atoms with Crippen LogP contribution in [0.4, 0.5) is 11.4 Å². The summed E-state index contributed by atoms with van der Waals surface area (Å²) in [7, 11) is 1.48. The molecule has 0 unspecified atom stereocenters. The van der Waals surface area contributed by atoms with Crippen molar-refractivity contribution in [2.24, 2.45) is 17.8 Å². The molecule has 4 aliphatic rings. The molecule has 0 heterocycles. The lowest BCUT2D eigenvalue weighted by Gasteiger charge is -2.54. The standard InChI is InChI=1S/C19H25N3O4/c1-26-17-3-2-15(22(24)25)7-16(17)21-18(23)11-20-19-8-12-4-13(9-19)6-14(5-12)10-19/h2-3,7,12-14,20H,4-6,8-11H2,1H3,(H,21,23)/p+1. The van der Waals surface area contributed by atoms with Crippen LogP contribution in [0, 0.1) is 27.9 Å². The summed E-state index contributed by atoms with van der Waals surface area (Å²) >= 11 is 0. The van der Waals surface area contributed by atoms with Crippen LogP contribution in [-0.2, 0) is 4.79 Å². The highest BCUT2D eigenvalue weighted by Gasteiger charge is 2.53. The Bertz CT molecular complexity index is 698. The summed E-state index contributed by atoms with van der Waals surface area (Å²) in [4.78, 5) is 23.0. The number of hydrogen-bond donors (Lipinski definition) is 2. The fourth-order valence-electron chi connectivity index (χ4n) is 5.85. The Morgan fingerprint density at radius 1 is 1.27 bits per heavy atom. The van der Waals surface area contributed by atoms with Gasteiger partial charge in [-0.25, -0.2) is 0 Å². The summed E-state index contributed by atoms with van der Waals surface area (Å²) in [5.74, 6) is 2.82. The molecule has 1 amide bonds. The summed E-state index contributed by atoms with van der Waals surface area (Å²) in [6.07, 6.45) is 7.82. The predicted octanol–water partition coefficient (Wildman–Crippen LogP) is 2.07. The van der Waals surface area contributed by atoms with E-state index in [0.29, 0.717) is 18.0 Å². The molecule has 4 aliphatic carbocycles. The summed E-state index contributed by atoms with van der Waals surface area (Å²) in [6.45, 7) is 0.345. The van der Waals surface area contributed by atoms with Crippen LogP contribution in [0.25, 0.3) is 0 Å². The maximum Gasteiger partial charge on any atom is 0.279 e. The number of methoxy groups -OCH3 is 1. The number of ether oxygens (including phenoxy) is 1. The molecule has 3 N–H and O–H groups in total. The molecule has 26 heavy (non-hydrogen) atoms. The predicted molar refractivity (Wildman–Crippen MR) is 96.0 cm³/mol. The lowest BCUT2D eigenvalue weighted by Crippen LogP contribution is -3.00. The van der Waals surface area contributed by atoms with Crippen molar-refractivity contribution in [2.75, 3.05) is 19.0 Å². The molecule has 0 atom stereocenters. The molecule has 0 spiro atoms. The van der Waals surface area contributed by atoms with Crippen molar-refractivity contribution in [2.45, 2.75) is 44.1 Å². The molecule has 7 nitrogen and oxygen atoms in total. The van der Waals surface area contributed by atoms with Gasteiger partial charge in [0.1, 0.15) is 5.75 Å². The molecule has 0 saturated heterocycles. The number of benzene rings is 1. The maximum atomic E-state index is 12.5. The number of non-ortho nitro benzene ring substituents is 1. The first-order chi connectivity index (χ1) is 12.5. The molecule has 7 heteroatoms. The number of anilines is 1. The zero-order chi connectivity index (χ0) is 18.3. The third kappa shape index (κ3) is 3.28. The van der Waals surface area contributed by atoms with Crippen LogP contribution in [0.3, 0.4) is 0 Å². The Labute approximate surface area is 152 Å². The van der Waals surface area contributed by atoms with Gasteiger partial charge in [-0.05, 0) is 43.1 Å². The van der Waals surface area contributed by atoms with Gasteiger partial charge in [-0.2, -0.15) is 0 Å². The van der Waals surface area contributed by atoms with Crippen molar-refractivity contribution in [1.82, 2.24) is 0 Å². The van der Waals surface area contributed by atoms with Gasteiger partial charge in [0.2, 0.25) is 0 Å². The van der Waals surface area contributed by atoms with Crippen molar-refractivity contribution < 1.29 is 19.8 Å². The third-order valence-electron chi connectivity index (χ3n) is 6.47. The average molecular weight is 360 g/mol. The van der Waals surface area contributed by atoms with E-state index in [1.807, 2.05) is 0 Å². The fourth-order valence-corrected chi connectivity index (χ4v) is 5.85. The summed E-state index contributed by atoms with van der Waals surface area (Å²) in [5.41, 5.74) is 0.524. The van der Waals surface area contributed by atoms with E-state index in [9.17, 15) is 14.9 Å². The molecule has 0 aromatic heterocycles. The molecule has 4 bridgehead atoms. The first-order valence-corrected chi connectivity index (χ1v) is 9.43. The van der Waals surface area contributed by atoms with Crippen LogP contribution in [0.15, 0.2) is 18.2 Å². The molecule has 140 valence electrons. The first-order valence-electron chi connectivity index (χ1n) is 9.43. The average Bonchev–Trinajstić information content (AvgIpc) is 2.59. The third-order valence-corrected chi connectivity index (χ3v) is 6.47. The van der Waals surface area contributed by atoms with Crippen molar-refractivity contribution in [3.63, 3.8) is 0 Å². The monoisotopic (exact) mass is 360 g/mol. The van der Waals surface area contributed by atoms with E-state index in [-0.39, 0.29) is 17.1 Å². The van der Waals surface area contributed by atoms with Crippen LogP contribution >= 0.6 is 0 Å². The topological polar surface area (TPSA) is 98.1 Å².